The van der Waals surface area contributed by atoms with Crippen LogP contribution in [0.3, 0.4) is 0 Å². The summed E-state index contributed by atoms with van der Waals surface area (Å²) in [6, 6.07) is 1.34. The summed E-state index contributed by atoms with van der Waals surface area (Å²) in [4.78, 5) is 15.3. The van der Waals surface area contributed by atoms with Gasteiger partial charge in [0.05, 0.1) is 6.61 Å². The maximum atomic E-state index is 13.9. The van der Waals surface area contributed by atoms with Crippen LogP contribution in [-0.2, 0) is 4.74 Å². The zero-order valence-electron chi connectivity index (χ0n) is 10.6. The molecular formula is C11H15FN2O6. The number of halogens is 1. The molecule has 0 unspecified atom stereocenters. The smallest absolute Gasteiger partial charge is 0.353 e. The van der Waals surface area contributed by atoms with Gasteiger partial charge in [-0.05, 0) is 6.92 Å². The van der Waals surface area contributed by atoms with Crippen molar-refractivity contribution in [3.05, 3.63) is 22.7 Å². The Labute approximate surface area is 113 Å². The lowest BCUT2D eigenvalue weighted by atomic mass is 10.1. The number of rotatable bonds is 4. The molecule has 1 aliphatic rings. The molecule has 0 aliphatic carbocycles. The van der Waals surface area contributed by atoms with Crippen molar-refractivity contribution in [1.29, 1.82) is 0 Å². The second-order valence-corrected chi connectivity index (χ2v) is 4.28. The van der Waals surface area contributed by atoms with Crippen LogP contribution in [0.5, 0.6) is 5.88 Å². The van der Waals surface area contributed by atoms with E-state index in [9.17, 15) is 19.4 Å². The average molecular weight is 290 g/mol. The average Bonchev–Trinajstić information content (AvgIpc) is 2.65. The van der Waals surface area contributed by atoms with Crippen molar-refractivity contribution in [2.24, 2.45) is 0 Å². The number of hydrogen-bond acceptors (Lipinski definition) is 7. The summed E-state index contributed by atoms with van der Waals surface area (Å²) >= 11 is 0. The molecule has 0 bridgehead atoms. The highest BCUT2D eigenvalue weighted by Crippen LogP contribution is 2.37. The first-order valence-corrected chi connectivity index (χ1v) is 5.98. The molecule has 0 saturated carbocycles. The van der Waals surface area contributed by atoms with Crippen LogP contribution in [0.2, 0.25) is 0 Å². The van der Waals surface area contributed by atoms with Crippen molar-refractivity contribution in [2.45, 2.75) is 31.2 Å². The Hall–Kier alpha value is -1.55. The second kappa shape index (κ2) is 5.44. The van der Waals surface area contributed by atoms with Crippen molar-refractivity contribution < 1.29 is 29.2 Å². The molecule has 0 spiro atoms. The second-order valence-electron chi connectivity index (χ2n) is 4.28. The van der Waals surface area contributed by atoms with Crippen LogP contribution in [0.1, 0.15) is 13.2 Å². The Morgan fingerprint density at radius 3 is 2.80 bits per heavy atom. The van der Waals surface area contributed by atoms with Gasteiger partial charge in [0.2, 0.25) is 5.88 Å². The predicted octanol–water partition coefficient (Wildman–Crippen LogP) is -1.45. The van der Waals surface area contributed by atoms with E-state index in [0.717, 1.165) is 4.57 Å². The molecule has 2 heterocycles. The van der Waals surface area contributed by atoms with Gasteiger partial charge in [-0.15, -0.1) is 0 Å². The molecule has 1 fully saturated rings. The Kier molecular flexibility index (Phi) is 4.04. The molecule has 112 valence electrons. The topological polar surface area (TPSA) is 114 Å². The maximum Gasteiger partial charge on any atom is 0.353 e. The highest BCUT2D eigenvalue weighted by Gasteiger charge is 2.55. The van der Waals surface area contributed by atoms with E-state index in [4.69, 9.17) is 14.6 Å². The van der Waals surface area contributed by atoms with Crippen LogP contribution in [0.4, 0.5) is 4.39 Å². The Morgan fingerprint density at radius 1 is 1.60 bits per heavy atom. The number of hydrogen-bond donors (Lipinski definition) is 3. The number of nitrogens with zero attached hydrogens (tertiary/aromatic N) is 2. The van der Waals surface area contributed by atoms with E-state index in [1.54, 1.807) is 6.92 Å². The lowest BCUT2D eigenvalue weighted by Crippen LogP contribution is -2.42. The van der Waals surface area contributed by atoms with E-state index < -0.39 is 36.6 Å². The summed E-state index contributed by atoms with van der Waals surface area (Å²) in [7, 11) is 0. The van der Waals surface area contributed by atoms with Gasteiger partial charge in [0.25, 0.3) is 5.85 Å². The van der Waals surface area contributed by atoms with Crippen molar-refractivity contribution in [3.8, 4) is 5.88 Å². The SMILES string of the molecule is CCOc1ccn([C@@H]2O[C@](F)(CO)[C@@H](O)[C@H]2O)c(=O)n1. The van der Waals surface area contributed by atoms with Gasteiger partial charge in [-0.2, -0.15) is 4.98 Å². The molecule has 1 saturated heterocycles. The number of aliphatic hydroxyl groups is 3. The molecule has 3 N–H and O–H groups in total. The summed E-state index contributed by atoms with van der Waals surface area (Å²) in [6.45, 7) is 0.878. The Bertz CT molecular complexity index is 538. The van der Waals surface area contributed by atoms with Crippen molar-refractivity contribution in [2.75, 3.05) is 13.2 Å². The minimum atomic E-state index is -2.83. The molecule has 1 aromatic rings. The first-order valence-electron chi connectivity index (χ1n) is 5.98. The summed E-state index contributed by atoms with van der Waals surface area (Å²) < 4.78 is 24.5. The fourth-order valence-electron chi connectivity index (χ4n) is 1.92. The van der Waals surface area contributed by atoms with Gasteiger partial charge in [0, 0.05) is 12.3 Å². The van der Waals surface area contributed by atoms with Crippen molar-refractivity contribution in [1.82, 2.24) is 9.55 Å². The summed E-state index contributed by atoms with van der Waals surface area (Å²) in [5.74, 6) is -2.75. The lowest BCUT2D eigenvalue weighted by molar-refractivity contribution is -0.207. The van der Waals surface area contributed by atoms with Gasteiger partial charge in [0.15, 0.2) is 6.23 Å². The van der Waals surface area contributed by atoms with Crippen LogP contribution >= 0.6 is 0 Å². The van der Waals surface area contributed by atoms with Gasteiger partial charge in [-0.1, -0.05) is 0 Å². The molecule has 0 radical (unpaired) electrons. The van der Waals surface area contributed by atoms with Crippen molar-refractivity contribution >= 4 is 0 Å². The third-order valence-electron chi connectivity index (χ3n) is 2.96. The standard InChI is InChI=1S/C11H15FN2O6/c1-2-19-6-3-4-14(10(18)13-6)9-7(16)8(17)11(12,5-15)20-9/h3-4,7-9,15-17H,2,5H2,1H3/t7-,8+,9-,11-/m1/s1. The number of aromatic nitrogens is 2. The first-order chi connectivity index (χ1) is 9.42. The van der Waals surface area contributed by atoms with Crippen LogP contribution in [0.15, 0.2) is 17.1 Å². The van der Waals surface area contributed by atoms with Gasteiger partial charge >= 0.3 is 5.69 Å². The largest absolute Gasteiger partial charge is 0.478 e. The van der Waals surface area contributed by atoms with Crippen molar-refractivity contribution in [3.63, 3.8) is 0 Å². The maximum absolute atomic E-state index is 13.9. The normalized spacial score (nSPS) is 33.4. The molecule has 8 nitrogen and oxygen atoms in total. The minimum absolute atomic E-state index is 0.0791. The number of aliphatic hydroxyl groups excluding tert-OH is 3. The third kappa shape index (κ3) is 2.40. The van der Waals surface area contributed by atoms with Gasteiger partial charge in [-0.25, -0.2) is 9.18 Å². The third-order valence-corrected chi connectivity index (χ3v) is 2.96. The highest BCUT2D eigenvalue weighted by atomic mass is 19.2. The number of alkyl halides is 1. The fraction of sp³-hybridized carbons (Fsp3) is 0.636. The van der Waals surface area contributed by atoms with E-state index in [2.05, 4.69) is 4.98 Å². The molecular weight excluding hydrogens is 275 g/mol. The summed E-state index contributed by atoms with van der Waals surface area (Å²) in [5, 5.41) is 28.1. The summed E-state index contributed by atoms with van der Waals surface area (Å²) in [5.41, 5.74) is -0.839. The number of ether oxygens (including phenoxy) is 2. The van der Waals surface area contributed by atoms with Crippen LogP contribution in [0.25, 0.3) is 0 Å². The molecule has 0 amide bonds. The van der Waals surface area contributed by atoms with E-state index in [0.29, 0.717) is 6.61 Å². The first kappa shape index (κ1) is 14.9. The van der Waals surface area contributed by atoms with Crippen LogP contribution in [-0.4, -0.2) is 56.1 Å². The van der Waals surface area contributed by atoms with E-state index in [1.807, 2.05) is 0 Å². The predicted molar refractivity (Wildman–Crippen MR) is 62.7 cm³/mol. The summed E-state index contributed by atoms with van der Waals surface area (Å²) in [6.07, 6.45) is -3.98. The quantitative estimate of drug-likeness (QED) is 0.621. The van der Waals surface area contributed by atoms with E-state index in [-0.39, 0.29) is 5.88 Å². The Balaban J connectivity index is 2.31. The molecule has 0 aromatic carbocycles. The van der Waals surface area contributed by atoms with Gasteiger partial charge in [0.1, 0.15) is 18.8 Å². The molecule has 9 heteroatoms. The highest BCUT2D eigenvalue weighted by molar-refractivity contribution is 5.07. The van der Waals surface area contributed by atoms with Gasteiger partial charge < -0.3 is 24.8 Å². The fourth-order valence-corrected chi connectivity index (χ4v) is 1.92. The van der Waals surface area contributed by atoms with E-state index in [1.165, 1.54) is 12.3 Å². The van der Waals surface area contributed by atoms with Crippen LogP contribution in [0, 0.1) is 0 Å². The molecule has 2 rings (SSSR count). The minimum Gasteiger partial charge on any atom is -0.478 e. The van der Waals surface area contributed by atoms with Gasteiger partial charge in [-0.3, -0.25) is 4.57 Å². The van der Waals surface area contributed by atoms with E-state index >= 15 is 0 Å². The lowest BCUT2D eigenvalue weighted by Gasteiger charge is -2.19. The molecule has 4 atom stereocenters. The monoisotopic (exact) mass is 290 g/mol. The van der Waals surface area contributed by atoms with Crippen LogP contribution < -0.4 is 10.4 Å². The molecule has 1 aliphatic heterocycles. The molecule has 20 heavy (non-hydrogen) atoms. The zero-order chi connectivity index (χ0) is 14.9. The molecule has 1 aromatic heterocycles. The Morgan fingerprint density at radius 2 is 2.30 bits per heavy atom. The zero-order valence-corrected chi connectivity index (χ0v) is 10.6.